The van der Waals surface area contributed by atoms with Crippen LogP contribution in [0.3, 0.4) is 0 Å². The molecule has 11 heteroatoms. The lowest BCUT2D eigenvalue weighted by Gasteiger charge is -2.32. The number of halogens is 1. The Morgan fingerprint density at radius 1 is 0.922 bits per heavy atom. The summed E-state index contributed by atoms with van der Waals surface area (Å²) in [6.07, 6.45) is -0.297. The maximum atomic E-state index is 14.8. The van der Waals surface area contributed by atoms with E-state index in [1.54, 1.807) is 30.3 Å². The second kappa shape index (κ2) is 17.0. The molecule has 258 valence electrons. The van der Waals surface area contributed by atoms with Gasteiger partial charge < -0.3 is 14.6 Å². The van der Waals surface area contributed by atoms with Crippen molar-refractivity contribution < 1.29 is 19.4 Å². The van der Waals surface area contributed by atoms with Gasteiger partial charge in [0.1, 0.15) is 5.75 Å². The van der Waals surface area contributed by atoms with Crippen molar-refractivity contribution >= 4 is 33.4 Å². The van der Waals surface area contributed by atoms with Gasteiger partial charge in [0.05, 0.1) is 6.61 Å². The molecular formula is C40H37BrN6O4. The Kier molecular flexibility index (Phi) is 11.8. The van der Waals surface area contributed by atoms with E-state index >= 15 is 0 Å². The Balaban J connectivity index is 1.39. The van der Waals surface area contributed by atoms with Crippen molar-refractivity contribution in [3.8, 4) is 5.75 Å². The van der Waals surface area contributed by atoms with E-state index in [4.69, 9.17) is 19.6 Å². The Labute approximate surface area is 304 Å². The Bertz CT molecular complexity index is 1970. The lowest BCUT2D eigenvalue weighted by molar-refractivity contribution is -0.130. The van der Waals surface area contributed by atoms with Gasteiger partial charge >= 0.3 is 0 Å². The van der Waals surface area contributed by atoms with E-state index in [1.807, 2.05) is 78.9 Å². The standard InChI is InChI=1S/C40H37BrN6O4/c41-35-18-9-7-16-31(35)26-40(39(49)46-43-27-34(28-12-3-1-4-13-28)29-14-5-2-6-15-29)37(33-17-8-10-19-36(33)45-47-42)51-38(44-40)30-20-22-32(23-21-30)50-25-11-24-48/h1-10,12-23,34,37,43,48H,11,24-27H2,(H,46,49)/t37-,40-/m0/s1. The van der Waals surface area contributed by atoms with Crippen molar-refractivity contribution in [2.45, 2.75) is 30.4 Å². The number of carbonyl (C=O) groups is 1. The number of nitrogens with zero attached hydrogens (tertiary/aromatic N) is 4. The molecule has 0 bridgehead atoms. The number of aliphatic imine (C=N–C) groups is 1. The molecule has 5 aromatic rings. The van der Waals surface area contributed by atoms with Crippen molar-refractivity contribution in [2.75, 3.05) is 19.8 Å². The second-order valence-electron chi connectivity index (χ2n) is 12.0. The van der Waals surface area contributed by atoms with Gasteiger partial charge in [0.25, 0.3) is 5.91 Å². The third-order valence-electron chi connectivity index (χ3n) is 8.73. The maximum absolute atomic E-state index is 14.8. The number of aliphatic hydroxyl groups excluding tert-OH is 1. The largest absolute Gasteiger partial charge is 0.494 e. The topological polar surface area (TPSA) is 141 Å². The minimum atomic E-state index is -1.54. The number of amides is 1. The van der Waals surface area contributed by atoms with Crippen LogP contribution in [0.25, 0.3) is 10.4 Å². The van der Waals surface area contributed by atoms with Crippen LogP contribution in [0.4, 0.5) is 5.69 Å². The van der Waals surface area contributed by atoms with Gasteiger partial charge in [-0.25, -0.2) is 10.4 Å². The summed E-state index contributed by atoms with van der Waals surface area (Å²) in [6, 6.07) is 42.2. The first kappa shape index (κ1) is 35.4. The summed E-state index contributed by atoms with van der Waals surface area (Å²) in [5.41, 5.74) is 18.7. The molecule has 3 N–H and O–H groups in total. The van der Waals surface area contributed by atoms with Crippen molar-refractivity contribution in [3.63, 3.8) is 0 Å². The molecular weight excluding hydrogens is 708 g/mol. The number of hydrogen-bond acceptors (Lipinski definition) is 7. The summed E-state index contributed by atoms with van der Waals surface area (Å²) in [7, 11) is 0. The SMILES string of the molecule is [N-]=[N+]=Nc1ccccc1[C@@H]1OC(c2ccc(OCCCO)cc2)=N[C@]1(Cc1ccccc1Br)C(=O)NNCC(c1ccccc1)c1ccccc1. The molecule has 1 aliphatic heterocycles. The first-order chi connectivity index (χ1) is 25.0. The van der Waals surface area contributed by atoms with E-state index in [9.17, 15) is 10.3 Å². The number of azide groups is 1. The molecule has 1 heterocycles. The fourth-order valence-corrected chi connectivity index (χ4v) is 6.61. The number of benzene rings is 5. The molecule has 0 saturated heterocycles. The number of aliphatic hydroxyl groups is 1. The molecule has 6 rings (SSSR count). The molecule has 1 amide bonds. The number of ether oxygens (including phenoxy) is 2. The van der Waals surface area contributed by atoms with Crippen molar-refractivity contribution in [3.05, 3.63) is 176 Å². The number of rotatable bonds is 15. The van der Waals surface area contributed by atoms with E-state index in [0.717, 1.165) is 21.2 Å². The van der Waals surface area contributed by atoms with Crippen LogP contribution in [0.5, 0.6) is 5.75 Å². The highest BCUT2D eigenvalue weighted by Crippen LogP contribution is 2.46. The molecule has 10 nitrogen and oxygen atoms in total. The van der Waals surface area contributed by atoms with Gasteiger partial charge in [0.15, 0.2) is 11.6 Å². The van der Waals surface area contributed by atoms with Crippen LogP contribution in [0.15, 0.2) is 148 Å². The van der Waals surface area contributed by atoms with Crippen LogP contribution < -0.4 is 15.6 Å². The van der Waals surface area contributed by atoms with Crippen LogP contribution in [0, 0.1) is 0 Å². The third-order valence-corrected chi connectivity index (χ3v) is 9.51. The minimum absolute atomic E-state index is 0.0388. The quantitative estimate of drug-likeness (QED) is 0.0327. The highest BCUT2D eigenvalue weighted by molar-refractivity contribution is 9.10. The van der Waals surface area contributed by atoms with Gasteiger partial charge in [-0.15, -0.1) is 0 Å². The van der Waals surface area contributed by atoms with Gasteiger partial charge in [-0.05, 0) is 52.6 Å². The zero-order valence-corrected chi connectivity index (χ0v) is 29.3. The zero-order chi connectivity index (χ0) is 35.5. The average Bonchev–Trinajstić information content (AvgIpc) is 3.56. The fraction of sp³-hybridized carbons (Fsp3) is 0.200. The molecule has 2 atom stereocenters. The highest BCUT2D eigenvalue weighted by Gasteiger charge is 2.54. The molecule has 1 aliphatic rings. The van der Waals surface area contributed by atoms with Crippen LogP contribution >= 0.6 is 15.9 Å². The summed E-state index contributed by atoms with van der Waals surface area (Å²) in [5.74, 6) is 0.415. The normalized spacial score (nSPS) is 16.5. The number of carbonyl (C=O) groups excluding carboxylic acids is 1. The van der Waals surface area contributed by atoms with E-state index in [-0.39, 0.29) is 24.8 Å². The van der Waals surface area contributed by atoms with Crippen LogP contribution in [-0.2, 0) is 16.0 Å². The minimum Gasteiger partial charge on any atom is -0.494 e. The van der Waals surface area contributed by atoms with Gasteiger partial charge in [0, 0.05) is 58.1 Å². The van der Waals surface area contributed by atoms with E-state index in [2.05, 4.69) is 61.1 Å². The molecule has 0 saturated carbocycles. The van der Waals surface area contributed by atoms with Gasteiger partial charge in [-0.2, -0.15) is 0 Å². The summed E-state index contributed by atoms with van der Waals surface area (Å²) < 4.78 is 13.2. The Morgan fingerprint density at radius 2 is 1.57 bits per heavy atom. The first-order valence-electron chi connectivity index (χ1n) is 16.6. The van der Waals surface area contributed by atoms with E-state index < -0.39 is 17.6 Å². The van der Waals surface area contributed by atoms with E-state index in [1.165, 1.54) is 0 Å². The summed E-state index contributed by atoms with van der Waals surface area (Å²) >= 11 is 3.68. The first-order valence-corrected chi connectivity index (χ1v) is 17.4. The second-order valence-corrected chi connectivity index (χ2v) is 12.9. The lowest BCUT2D eigenvalue weighted by Crippen LogP contribution is -2.54. The van der Waals surface area contributed by atoms with Crippen molar-refractivity contribution in [2.24, 2.45) is 10.1 Å². The molecule has 0 fully saturated rings. The predicted molar refractivity (Wildman–Crippen MR) is 201 cm³/mol. The Hall–Kier alpha value is -5.45. The predicted octanol–water partition coefficient (Wildman–Crippen LogP) is 8.10. The molecule has 51 heavy (non-hydrogen) atoms. The van der Waals surface area contributed by atoms with E-state index in [0.29, 0.717) is 42.1 Å². The highest BCUT2D eigenvalue weighted by atomic mass is 79.9. The molecule has 5 aromatic carbocycles. The molecule has 0 spiro atoms. The van der Waals surface area contributed by atoms with Gasteiger partial charge in [-0.1, -0.05) is 124 Å². The van der Waals surface area contributed by atoms with Gasteiger partial charge in [0.2, 0.25) is 5.90 Å². The smallest absolute Gasteiger partial charge is 0.266 e. The maximum Gasteiger partial charge on any atom is 0.266 e. The summed E-state index contributed by atoms with van der Waals surface area (Å²) in [6.45, 7) is 0.820. The Morgan fingerprint density at radius 3 is 2.24 bits per heavy atom. The molecule has 0 radical (unpaired) electrons. The third kappa shape index (κ3) is 8.30. The monoisotopic (exact) mass is 744 g/mol. The lowest BCUT2D eigenvalue weighted by atomic mass is 9.81. The zero-order valence-electron chi connectivity index (χ0n) is 27.7. The number of hydrogen-bond donors (Lipinski definition) is 3. The summed E-state index contributed by atoms with van der Waals surface area (Å²) in [5, 5.41) is 13.1. The van der Waals surface area contributed by atoms with Crippen molar-refractivity contribution in [1.82, 2.24) is 10.9 Å². The fourth-order valence-electron chi connectivity index (χ4n) is 6.18. The van der Waals surface area contributed by atoms with Crippen LogP contribution in [0.2, 0.25) is 0 Å². The van der Waals surface area contributed by atoms with Crippen molar-refractivity contribution in [1.29, 1.82) is 0 Å². The average molecular weight is 746 g/mol. The molecule has 0 aromatic heterocycles. The number of nitrogens with one attached hydrogen (secondary N) is 2. The summed E-state index contributed by atoms with van der Waals surface area (Å²) in [4.78, 5) is 23.0. The van der Waals surface area contributed by atoms with Crippen LogP contribution in [0.1, 0.15) is 46.3 Å². The molecule has 0 aliphatic carbocycles. The van der Waals surface area contributed by atoms with Crippen LogP contribution in [-0.4, -0.2) is 42.2 Å². The molecule has 0 unspecified atom stereocenters. The van der Waals surface area contributed by atoms with Gasteiger partial charge in [-0.3, -0.25) is 10.2 Å². The number of hydrazine groups is 1.